The number of hydrogen-bond acceptors (Lipinski definition) is 12. The third-order valence-corrected chi connectivity index (χ3v) is 7.86. The molecule has 1 saturated heterocycles. The summed E-state index contributed by atoms with van der Waals surface area (Å²) >= 11 is 4.96. The highest BCUT2D eigenvalue weighted by atomic mass is 32.1. The highest BCUT2D eigenvalue weighted by Crippen LogP contribution is 2.66. The van der Waals surface area contributed by atoms with E-state index >= 15 is 0 Å². The molecule has 2 unspecified atom stereocenters. The Hall–Kier alpha value is -1.12. The normalized spacial score (nSPS) is 27.4. The first kappa shape index (κ1) is 27.1. The average molecular weight is 539 g/mol. The number of nitrogens with zero attached hydrogens (tertiary/aromatic N) is 2. The van der Waals surface area contributed by atoms with Crippen molar-refractivity contribution in [2.45, 2.75) is 31.0 Å². The molecular formula is C11H16N3O14P3S. The average Bonchev–Trinajstić information content (AvgIpc) is 2.87. The first-order valence-corrected chi connectivity index (χ1v) is 13.0. The van der Waals surface area contributed by atoms with Gasteiger partial charge in [0.2, 0.25) is 0 Å². The van der Waals surface area contributed by atoms with Crippen molar-refractivity contribution in [3.63, 3.8) is 0 Å². The van der Waals surface area contributed by atoms with Crippen LogP contribution < -0.4 is 5.56 Å². The van der Waals surface area contributed by atoms with E-state index in [0.29, 0.717) is 0 Å². The van der Waals surface area contributed by atoms with Crippen LogP contribution in [0.5, 0.6) is 0 Å². The highest BCUT2D eigenvalue weighted by Gasteiger charge is 2.46. The standard InChI is InChI=1S/C11H16N3O14P3S/c12-2-1-5-3-14(11(32)13-9(5)17)10-8(16)7(15)6(26-10)4-25-30(21,22)28-31(23,24)27-29(18,19)20/h3,6-8,10,15-16H,1,4H2,(H,21,22)(H,23,24)(H,13,17,32)(H2,18,19,20)/t6-,7-,8-,10-/m1/s1. The molecule has 2 heterocycles. The van der Waals surface area contributed by atoms with Crippen molar-refractivity contribution in [2.75, 3.05) is 6.61 Å². The lowest BCUT2D eigenvalue weighted by atomic mass is 10.1. The molecule has 1 fully saturated rings. The second-order valence-corrected chi connectivity index (χ2v) is 10.9. The van der Waals surface area contributed by atoms with Gasteiger partial charge in [-0.3, -0.25) is 18.9 Å². The number of aromatic amines is 1. The minimum Gasteiger partial charge on any atom is -0.387 e. The van der Waals surface area contributed by atoms with E-state index in [9.17, 15) is 33.6 Å². The first-order valence-electron chi connectivity index (χ1n) is 8.06. The lowest BCUT2D eigenvalue weighted by molar-refractivity contribution is -0.0534. The molecule has 7 N–H and O–H groups in total. The molecule has 2 rings (SSSR count). The maximum absolute atomic E-state index is 11.8. The van der Waals surface area contributed by atoms with Crippen molar-refractivity contribution >= 4 is 35.7 Å². The van der Waals surface area contributed by atoms with E-state index in [-0.39, 0.29) is 16.8 Å². The Balaban J connectivity index is 2.14. The molecule has 0 aromatic carbocycles. The van der Waals surface area contributed by atoms with Gasteiger partial charge >= 0.3 is 23.5 Å². The monoisotopic (exact) mass is 539 g/mol. The van der Waals surface area contributed by atoms with E-state index in [1.54, 1.807) is 6.07 Å². The first-order chi connectivity index (χ1) is 14.6. The minimum absolute atomic E-state index is 0.0388. The van der Waals surface area contributed by atoms with Crippen LogP contribution in [0.2, 0.25) is 0 Å². The molecule has 6 atom stereocenters. The van der Waals surface area contributed by atoms with E-state index in [1.807, 2.05) is 0 Å². The molecule has 0 radical (unpaired) electrons. The van der Waals surface area contributed by atoms with Gasteiger partial charge in [0.25, 0.3) is 5.56 Å². The Labute approximate surface area is 182 Å². The third-order valence-electron chi connectivity index (χ3n) is 3.74. The number of aliphatic hydroxyl groups excluding tert-OH is 2. The molecule has 0 aliphatic carbocycles. The minimum atomic E-state index is -5.74. The van der Waals surface area contributed by atoms with Crippen LogP contribution in [0.3, 0.4) is 0 Å². The van der Waals surface area contributed by atoms with Crippen LogP contribution in [0.25, 0.3) is 0 Å². The van der Waals surface area contributed by atoms with E-state index < -0.39 is 60.2 Å². The smallest absolute Gasteiger partial charge is 0.387 e. The molecule has 21 heteroatoms. The fourth-order valence-electron chi connectivity index (χ4n) is 2.49. The number of aliphatic hydroxyl groups is 2. The molecule has 0 spiro atoms. The van der Waals surface area contributed by atoms with E-state index in [2.05, 4.69) is 18.1 Å². The number of phosphoric ester groups is 1. The second-order valence-electron chi connectivity index (χ2n) is 6.09. The SMILES string of the molecule is N#CCc1cn([C@@H]2O[C@H](COP(=O)(O)OP(=O)(O)OP(=O)(O)O)[C@@H](O)[C@H]2O)c(=S)[nH]c1=O. The van der Waals surface area contributed by atoms with Gasteiger partial charge in [-0.15, -0.1) is 0 Å². The summed E-state index contributed by atoms with van der Waals surface area (Å²) in [6.07, 6.45) is -5.67. The molecule has 0 saturated carbocycles. The molecule has 1 aromatic heterocycles. The van der Waals surface area contributed by atoms with E-state index in [0.717, 1.165) is 10.8 Å². The van der Waals surface area contributed by atoms with Gasteiger partial charge in [-0.05, 0) is 12.2 Å². The summed E-state index contributed by atoms with van der Waals surface area (Å²) in [6, 6.07) is 1.75. The molecular weight excluding hydrogens is 523 g/mol. The Bertz CT molecular complexity index is 1160. The zero-order valence-corrected chi connectivity index (χ0v) is 18.9. The van der Waals surface area contributed by atoms with Crippen molar-refractivity contribution in [1.82, 2.24) is 9.55 Å². The molecule has 1 aromatic rings. The van der Waals surface area contributed by atoms with Crippen LogP contribution >= 0.6 is 35.7 Å². The summed E-state index contributed by atoms with van der Waals surface area (Å²) in [5.74, 6) is 0. The number of H-pyrrole nitrogens is 1. The maximum atomic E-state index is 11.8. The number of nitrogens with one attached hydrogen (secondary N) is 1. The van der Waals surface area contributed by atoms with Crippen molar-refractivity contribution in [3.8, 4) is 6.07 Å². The maximum Gasteiger partial charge on any atom is 0.490 e. The van der Waals surface area contributed by atoms with Gasteiger partial charge in [-0.2, -0.15) is 13.9 Å². The zero-order chi connectivity index (χ0) is 24.5. The van der Waals surface area contributed by atoms with Gasteiger partial charge in [-0.1, -0.05) is 0 Å². The molecule has 0 amide bonds. The second kappa shape index (κ2) is 10.0. The van der Waals surface area contributed by atoms with E-state index in [1.165, 1.54) is 0 Å². The predicted molar refractivity (Wildman–Crippen MR) is 101 cm³/mol. The number of rotatable bonds is 9. The lowest BCUT2D eigenvalue weighted by Crippen LogP contribution is -2.34. The Kier molecular flexibility index (Phi) is 8.49. The topological polar surface area (TPSA) is 271 Å². The summed E-state index contributed by atoms with van der Waals surface area (Å²) < 4.78 is 51.2. The summed E-state index contributed by atoms with van der Waals surface area (Å²) in [7, 11) is -16.8. The van der Waals surface area contributed by atoms with Gasteiger partial charge < -0.3 is 34.5 Å². The van der Waals surface area contributed by atoms with Crippen LogP contribution in [0.4, 0.5) is 0 Å². The van der Waals surface area contributed by atoms with Crippen LogP contribution in [0, 0.1) is 16.1 Å². The van der Waals surface area contributed by atoms with Crippen molar-refractivity contribution in [1.29, 1.82) is 5.26 Å². The van der Waals surface area contributed by atoms with Crippen molar-refractivity contribution < 1.29 is 61.4 Å². The lowest BCUT2D eigenvalue weighted by Gasteiger charge is -2.19. The summed E-state index contributed by atoms with van der Waals surface area (Å²) in [6.45, 7) is -1.03. The van der Waals surface area contributed by atoms with Crippen molar-refractivity contribution in [2.24, 2.45) is 0 Å². The van der Waals surface area contributed by atoms with Gasteiger partial charge in [-0.25, -0.2) is 13.7 Å². The van der Waals surface area contributed by atoms with Crippen LogP contribution in [-0.2, 0) is 38.0 Å². The zero-order valence-electron chi connectivity index (χ0n) is 15.4. The molecule has 0 bridgehead atoms. The molecule has 17 nitrogen and oxygen atoms in total. The Morgan fingerprint density at radius 2 is 1.78 bits per heavy atom. The van der Waals surface area contributed by atoms with Gasteiger partial charge in [0.05, 0.1) is 19.1 Å². The molecule has 180 valence electrons. The summed E-state index contributed by atoms with van der Waals surface area (Å²) in [4.78, 5) is 49.6. The number of aromatic nitrogens is 2. The van der Waals surface area contributed by atoms with Gasteiger partial charge in [0.15, 0.2) is 11.0 Å². The fraction of sp³-hybridized carbons (Fsp3) is 0.545. The Morgan fingerprint density at radius 1 is 1.16 bits per heavy atom. The summed E-state index contributed by atoms with van der Waals surface area (Å²) in [5, 5.41) is 29.1. The van der Waals surface area contributed by atoms with Crippen LogP contribution in [0.15, 0.2) is 11.0 Å². The van der Waals surface area contributed by atoms with Gasteiger partial charge in [0.1, 0.15) is 18.3 Å². The van der Waals surface area contributed by atoms with Crippen LogP contribution in [-0.4, -0.2) is 64.3 Å². The number of nitriles is 1. The summed E-state index contributed by atoms with van der Waals surface area (Å²) in [5.41, 5.74) is -0.701. The van der Waals surface area contributed by atoms with Crippen molar-refractivity contribution in [3.05, 3.63) is 26.9 Å². The Morgan fingerprint density at radius 3 is 2.34 bits per heavy atom. The van der Waals surface area contributed by atoms with Gasteiger partial charge in [0, 0.05) is 11.8 Å². The largest absolute Gasteiger partial charge is 0.490 e. The van der Waals surface area contributed by atoms with E-state index in [4.69, 9.17) is 36.9 Å². The predicted octanol–water partition coefficient (Wildman–Crippen LogP) is -1.07. The number of hydrogen-bond donors (Lipinski definition) is 7. The number of ether oxygens (including phenoxy) is 1. The highest BCUT2D eigenvalue weighted by molar-refractivity contribution is 7.71. The molecule has 32 heavy (non-hydrogen) atoms. The molecule has 1 aliphatic heterocycles. The fourth-order valence-corrected chi connectivity index (χ4v) is 5.77. The number of phosphoric acid groups is 3. The quantitative estimate of drug-likeness (QED) is 0.145. The third kappa shape index (κ3) is 7.19. The molecule has 1 aliphatic rings. The van der Waals surface area contributed by atoms with Crippen LogP contribution in [0.1, 0.15) is 11.8 Å².